The molecular weight excluding hydrogens is 246 g/mol. The van der Waals surface area contributed by atoms with Crippen LogP contribution in [0.1, 0.15) is 22.9 Å². The monoisotopic (exact) mass is 265 g/mol. The molecule has 0 amide bonds. The Morgan fingerprint density at radius 1 is 1.15 bits per heavy atom. The first-order chi connectivity index (χ1) is 9.65. The molecule has 0 bridgehead atoms. The number of rotatable bonds is 3. The normalized spacial score (nSPS) is 12.8. The minimum Gasteiger partial charge on any atom is -0.322 e. The molecule has 3 nitrogen and oxygen atoms in total. The summed E-state index contributed by atoms with van der Waals surface area (Å²) in [4.78, 5) is 0. The fraction of sp³-hybridized carbons (Fsp3) is 0.235. The van der Waals surface area contributed by atoms with Crippen LogP contribution in [0.2, 0.25) is 0 Å². The van der Waals surface area contributed by atoms with E-state index in [1.807, 2.05) is 23.9 Å². The summed E-state index contributed by atoms with van der Waals surface area (Å²) in [7, 11) is 1.96. The van der Waals surface area contributed by atoms with E-state index in [-0.39, 0.29) is 6.04 Å². The fourth-order valence-corrected chi connectivity index (χ4v) is 2.71. The molecule has 20 heavy (non-hydrogen) atoms. The largest absolute Gasteiger partial charge is 0.322 e. The molecule has 2 N–H and O–H groups in total. The zero-order chi connectivity index (χ0) is 14.1. The molecule has 1 unspecified atom stereocenters. The van der Waals surface area contributed by atoms with Gasteiger partial charge in [0.05, 0.1) is 17.3 Å². The number of para-hydroxylation sites is 1. The van der Waals surface area contributed by atoms with Crippen LogP contribution < -0.4 is 5.73 Å². The van der Waals surface area contributed by atoms with E-state index in [4.69, 9.17) is 5.73 Å². The van der Waals surface area contributed by atoms with Crippen molar-refractivity contribution in [3.8, 4) is 0 Å². The molecule has 0 aliphatic heterocycles. The van der Waals surface area contributed by atoms with Crippen molar-refractivity contribution in [1.29, 1.82) is 0 Å². The van der Waals surface area contributed by atoms with Gasteiger partial charge in [0, 0.05) is 12.4 Å². The van der Waals surface area contributed by atoms with Crippen molar-refractivity contribution >= 4 is 10.9 Å². The lowest BCUT2D eigenvalue weighted by Gasteiger charge is -2.10. The Morgan fingerprint density at radius 2 is 1.95 bits per heavy atom. The van der Waals surface area contributed by atoms with Gasteiger partial charge in [-0.25, -0.2) is 0 Å². The van der Waals surface area contributed by atoms with E-state index in [9.17, 15) is 0 Å². The lowest BCUT2D eigenvalue weighted by molar-refractivity contribution is 0.665. The quantitative estimate of drug-likeness (QED) is 0.790. The van der Waals surface area contributed by atoms with Crippen molar-refractivity contribution in [2.75, 3.05) is 0 Å². The predicted octanol–water partition coefficient (Wildman–Crippen LogP) is 3.12. The third-order valence-corrected chi connectivity index (χ3v) is 3.68. The molecule has 1 heterocycles. The summed E-state index contributed by atoms with van der Waals surface area (Å²) >= 11 is 0. The Kier molecular flexibility index (Phi) is 3.28. The molecule has 1 atom stereocenters. The summed E-state index contributed by atoms with van der Waals surface area (Å²) in [5, 5.41) is 5.75. The van der Waals surface area contributed by atoms with Crippen molar-refractivity contribution in [3.05, 3.63) is 65.4 Å². The third kappa shape index (κ3) is 2.32. The molecule has 0 aliphatic rings. The van der Waals surface area contributed by atoms with E-state index >= 15 is 0 Å². The predicted molar refractivity (Wildman–Crippen MR) is 82.5 cm³/mol. The Balaban J connectivity index is 1.95. The van der Waals surface area contributed by atoms with Gasteiger partial charge in [0.25, 0.3) is 0 Å². The van der Waals surface area contributed by atoms with Crippen LogP contribution >= 0.6 is 0 Å². The average molecular weight is 265 g/mol. The average Bonchev–Trinajstić information content (AvgIpc) is 2.77. The smallest absolute Gasteiger partial charge is 0.0873 e. The van der Waals surface area contributed by atoms with Gasteiger partial charge in [-0.3, -0.25) is 4.68 Å². The van der Waals surface area contributed by atoms with Gasteiger partial charge in [-0.2, -0.15) is 5.10 Å². The maximum atomic E-state index is 6.38. The Morgan fingerprint density at radius 3 is 2.75 bits per heavy atom. The summed E-state index contributed by atoms with van der Waals surface area (Å²) in [6.45, 7) is 2.10. The van der Waals surface area contributed by atoms with Crippen molar-refractivity contribution < 1.29 is 0 Å². The second-order valence-corrected chi connectivity index (χ2v) is 5.33. The van der Waals surface area contributed by atoms with Crippen molar-refractivity contribution in [3.63, 3.8) is 0 Å². The molecule has 3 heteroatoms. The highest BCUT2D eigenvalue weighted by Gasteiger charge is 2.15. The summed E-state index contributed by atoms with van der Waals surface area (Å²) < 4.78 is 1.90. The van der Waals surface area contributed by atoms with E-state index in [0.29, 0.717) is 0 Å². The van der Waals surface area contributed by atoms with Gasteiger partial charge >= 0.3 is 0 Å². The van der Waals surface area contributed by atoms with Crippen molar-refractivity contribution in [2.45, 2.75) is 19.4 Å². The number of benzene rings is 2. The van der Waals surface area contributed by atoms with Gasteiger partial charge < -0.3 is 5.73 Å². The Bertz CT molecular complexity index is 743. The lowest BCUT2D eigenvalue weighted by atomic mass is 10.0. The molecule has 0 saturated heterocycles. The standard InChI is InChI=1S/C17H19N3/c1-12-6-5-7-13(10-12)11-15(18)17-14-8-3-4-9-16(14)20(2)19-17/h3-10,15H,11,18H2,1-2H3. The summed E-state index contributed by atoms with van der Waals surface area (Å²) in [6, 6.07) is 16.6. The van der Waals surface area contributed by atoms with Crippen LogP contribution in [0.3, 0.4) is 0 Å². The number of nitrogens with zero attached hydrogens (tertiary/aromatic N) is 2. The Labute approximate surface area is 119 Å². The van der Waals surface area contributed by atoms with Crippen LogP contribution in [0.4, 0.5) is 0 Å². The van der Waals surface area contributed by atoms with E-state index in [0.717, 1.165) is 23.0 Å². The van der Waals surface area contributed by atoms with Gasteiger partial charge in [-0.1, -0.05) is 48.0 Å². The summed E-state index contributed by atoms with van der Waals surface area (Å²) in [5.41, 5.74) is 11.0. The third-order valence-electron chi connectivity index (χ3n) is 3.68. The maximum absolute atomic E-state index is 6.38. The molecule has 0 spiro atoms. The first-order valence-electron chi connectivity index (χ1n) is 6.88. The minimum absolute atomic E-state index is 0.0806. The summed E-state index contributed by atoms with van der Waals surface area (Å²) in [6.07, 6.45) is 0.808. The number of aryl methyl sites for hydroxylation is 2. The zero-order valence-corrected chi connectivity index (χ0v) is 11.9. The highest BCUT2D eigenvalue weighted by Crippen LogP contribution is 2.24. The van der Waals surface area contributed by atoms with Gasteiger partial charge in [0.1, 0.15) is 0 Å². The second-order valence-electron chi connectivity index (χ2n) is 5.33. The van der Waals surface area contributed by atoms with Crippen molar-refractivity contribution in [1.82, 2.24) is 9.78 Å². The van der Waals surface area contributed by atoms with Crippen LogP contribution in [0, 0.1) is 6.92 Å². The molecule has 0 saturated carbocycles. The molecule has 3 aromatic rings. The van der Waals surface area contributed by atoms with E-state index in [2.05, 4.69) is 48.4 Å². The molecular formula is C17H19N3. The molecule has 102 valence electrons. The Hall–Kier alpha value is -2.13. The molecule has 3 rings (SSSR count). The highest BCUT2D eigenvalue weighted by molar-refractivity contribution is 5.82. The first-order valence-corrected chi connectivity index (χ1v) is 6.88. The lowest BCUT2D eigenvalue weighted by Crippen LogP contribution is -2.14. The highest BCUT2D eigenvalue weighted by atomic mass is 15.3. The van der Waals surface area contributed by atoms with Gasteiger partial charge in [0.2, 0.25) is 0 Å². The van der Waals surface area contributed by atoms with Crippen LogP contribution in [0.5, 0.6) is 0 Å². The molecule has 1 aromatic heterocycles. The topological polar surface area (TPSA) is 43.8 Å². The van der Waals surface area contributed by atoms with Gasteiger partial charge in [-0.15, -0.1) is 0 Å². The maximum Gasteiger partial charge on any atom is 0.0873 e. The minimum atomic E-state index is -0.0806. The molecule has 2 aromatic carbocycles. The number of nitrogens with two attached hydrogens (primary N) is 1. The van der Waals surface area contributed by atoms with E-state index in [1.54, 1.807) is 0 Å². The van der Waals surface area contributed by atoms with Gasteiger partial charge in [0.15, 0.2) is 0 Å². The van der Waals surface area contributed by atoms with Crippen molar-refractivity contribution in [2.24, 2.45) is 12.8 Å². The van der Waals surface area contributed by atoms with Crippen LogP contribution in [-0.4, -0.2) is 9.78 Å². The van der Waals surface area contributed by atoms with E-state index in [1.165, 1.54) is 11.1 Å². The van der Waals surface area contributed by atoms with Gasteiger partial charge in [-0.05, 0) is 25.0 Å². The zero-order valence-electron chi connectivity index (χ0n) is 11.9. The molecule has 0 fully saturated rings. The molecule has 0 aliphatic carbocycles. The van der Waals surface area contributed by atoms with E-state index < -0.39 is 0 Å². The number of hydrogen-bond donors (Lipinski definition) is 1. The number of hydrogen-bond acceptors (Lipinski definition) is 2. The first kappa shape index (κ1) is 12.9. The summed E-state index contributed by atoms with van der Waals surface area (Å²) in [5.74, 6) is 0. The SMILES string of the molecule is Cc1cccc(CC(N)c2nn(C)c3ccccc23)c1. The molecule has 0 radical (unpaired) electrons. The van der Waals surface area contributed by atoms with Crippen LogP contribution in [0.15, 0.2) is 48.5 Å². The second kappa shape index (κ2) is 5.10. The van der Waals surface area contributed by atoms with Crippen LogP contribution in [-0.2, 0) is 13.5 Å². The fourth-order valence-electron chi connectivity index (χ4n) is 2.71. The number of fused-ring (bicyclic) bond motifs is 1. The number of aromatic nitrogens is 2. The van der Waals surface area contributed by atoms with Crippen LogP contribution in [0.25, 0.3) is 10.9 Å².